The predicted molar refractivity (Wildman–Crippen MR) is 32.0 cm³/mol. The first kappa shape index (κ1) is 6.06. The minimum atomic E-state index is 0.295. The van der Waals surface area contributed by atoms with Gasteiger partial charge in [0, 0.05) is 0 Å². The Labute approximate surface area is 50.1 Å². The molecule has 0 saturated heterocycles. The fourth-order valence-corrected chi connectivity index (χ4v) is 1.26. The first-order chi connectivity index (χ1) is 3.93. The largest absolute Gasteiger partial charge is 0.244 e. The zero-order valence-corrected chi connectivity index (χ0v) is 5.07. The molecule has 1 radical (unpaired) electrons. The third-order valence-electron chi connectivity index (χ3n) is 1.83. The summed E-state index contributed by atoms with van der Waals surface area (Å²) >= 11 is 0. The number of hydrogen-bond acceptors (Lipinski definition) is 0. The van der Waals surface area contributed by atoms with E-state index in [4.69, 9.17) is 0 Å². The molecule has 0 atom stereocenters. The van der Waals surface area contributed by atoms with Crippen LogP contribution >= 0.6 is 0 Å². The molecule has 0 nitrogen and oxygen atoms in total. The minimum Gasteiger partial charge on any atom is -0.244 e. The van der Waals surface area contributed by atoms with E-state index < -0.39 is 0 Å². The van der Waals surface area contributed by atoms with E-state index in [-0.39, 0.29) is 0 Å². The summed E-state index contributed by atoms with van der Waals surface area (Å²) in [6.45, 7) is 0.860. The maximum atomic E-state index is 11.8. The lowest BCUT2D eigenvalue weighted by atomic mass is 9.90. The molecule has 1 aliphatic rings. The first-order valence-electron chi connectivity index (χ1n) is 3.37. The first-order valence-corrected chi connectivity index (χ1v) is 3.37. The van der Waals surface area contributed by atoms with Crippen LogP contribution in [0.25, 0.3) is 0 Å². The van der Waals surface area contributed by atoms with E-state index in [1.165, 1.54) is 19.3 Å². The second-order valence-electron chi connectivity index (χ2n) is 2.52. The number of halogens is 1. The summed E-state index contributed by atoms with van der Waals surface area (Å²) in [7, 11) is 0. The maximum Gasteiger partial charge on any atom is 0.134 e. The highest BCUT2D eigenvalue weighted by molar-refractivity contribution is 4.70. The summed E-state index contributed by atoms with van der Waals surface area (Å²) < 4.78 is 11.8. The summed E-state index contributed by atoms with van der Waals surface area (Å²) in [6, 6.07) is 0. The van der Waals surface area contributed by atoms with Gasteiger partial charge in [-0.1, -0.05) is 19.3 Å². The quantitative estimate of drug-likeness (QED) is 0.493. The molecule has 0 N–H and O–H groups in total. The van der Waals surface area contributed by atoms with Crippen LogP contribution in [0.15, 0.2) is 0 Å². The second-order valence-corrected chi connectivity index (χ2v) is 2.52. The second kappa shape index (κ2) is 3.06. The van der Waals surface area contributed by atoms with Crippen molar-refractivity contribution in [3.63, 3.8) is 0 Å². The van der Waals surface area contributed by atoms with Crippen molar-refractivity contribution >= 4 is 0 Å². The van der Waals surface area contributed by atoms with Crippen LogP contribution in [0.2, 0.25) is 0 Å². The Kier molecular flexibility index (Phi) is 2.31. The summed E-state index contributed by atoms with van der Waals surface area (Å²) in [5, 5.41) is 0. The third kappa shape index (κ3) is 1.46. The molecule has 0 aromatic carbocycles. The minimum absolute atomic E-state index is 0.295. The molecule has 0 aromatic rings. The van der Waals surface area contributed by atoms with Crippen LogP contribution in [0.3, 0.4) is 0 Å². The Morgan fingerprint density at radius 3 is 2.12 bits per heavy atom. The molecule has 1 fully saturated rings. The summed E-state index contributed by atoms with van der Waals surface area (Å²) in [4.78, 5) is 0. The number of rotatable bonds is 1. The molecule has 0 spiro atoms. The molecule has 47 valence electrons. The maximum absolute atomic E-state index is 11.8. The fraction of sp³-hybridized carbons (Fsp3) is 0.857. The smallest absolute Gasteiger partial charge is 0.134 e. The van der Waals surface area contributed by atoms with Gasteiger partial charge in [0.2, 0.25) is 0 Å². The normalized spacial score (nSPS) is 23.6. The van der Waals surface area contributed by atoms with Crippen molar-refractivity contribution in [2.24, 2.45) is 5.92 Å². The lowest BCUT2D eigenvalue weighted by molar-refractivity contribution is 0.339. The van der Waals surface area contributed by atoms with Gasteiger partial charge in [0.15, 0.2) is 0 Å². The molecule has 1 saturated carbocycles. The molecule has 0 bridgehead atoms. The van der Waals surface area contributed by atoms with Crippen molar-refractivity contribution < 1.29 is 4.39 Å². The Hall–Kier alpha value is -0.0700. The van der Waals surface area contributed by atoms with Gasteiger partial charge < -0.3 is 0 Å². The number of hydrogen-bond donors (Lipinski definition) is 0. The van der Waals surface area contributed by atoms with Crippen LogP contribution in [0.5, 0.6) is 0 Å². The van der Waals surface area contributed by atoms with Crippen molar-refractivity contribution in [2.75, 3.05) is 0 Å². The zero-order valence-electron chi connectivity index (χ0n) is 5.07. The monoisotopic (exact) mass is 115 g/mol. The summed E-state index contributed by atoms with van der Waals surface area (Å²) in [5.41, 5.74) is 0. The molecular weight excluding hydrogens is 103 g/mol. The lowest BCUT2D eigenvalue weighted by Gasteiger charge is -2.16. The summed E-state index contributed by atoms with van der Waals surface area (Å²) in [6.07, 6.45) is 5.92. The van der Waals surface area contributed by atoms with E-state index in [0.717, 1.165) is 19.5 Å². The van der Waals surface area contributed by atoms with E-state index in [1.807, 2.05) is 0 Å². The van der Waals surface area contributed by atoms with Gasteiger partial charge in [-0.25, -0.2) is 4.39 Å². The molecule has 0 aromatic heterocycles. The molecule has 0 unspecified atom stereocenters. The highest BCUT2D eigenvalue weighted by Crippen LogP contribution is 2.25. The average Bonchev–Trinajstić information content (AvgIpc) is 1.90. The van der Waals surface area contributed by atoms with E-state index in [0.29, 0.717) is 5.92 Å². The average molecular weight is 115 g/mol. The van der Waals surface area contributed by atoms with Gasteiger partial charge in [0.25, 0.3) is 0 Å². The van der Waals surface area contributed by atoms with Crippen molar-refractivity contribution in [1.82, 2.24) is 0 Å². The van der Waals surface area contributed by atoms with Crippen LogP contribution < -0.4 is 0 Å². The van der Waals surface area contributed by atoms with Crippen LogP contribution in [-0.2, 0) is 0 Å². The molecular formula is C7H12F. The van der Waals surface area contributed by atoms with Gasteiger partial charge in [-0.15, -0.1) is 0 Å². The van der Waals surface area contributed by atoms with Gasteiger partial charge in [-0.05, 0) is 18.8 Å². The van der Waals surface area contributed by atoms with E-state index in [1.54, 1.807) is 0 Å². The molecule has 8 heavy (non-hydrogen) atoms. The van der Waals surface area contributed by atoms with E-state index >= 15 is 0 Å². The Morgan fingerprint density at radius 2 is 1.75 bits per heavy atom. The van der Waals surface area contributed by atoms with Crippen LogP contribution in [0, 0.1) is 12.6 Å². The molecule has 0 amide bonds. The third-order valence-corrected chi connectivity index (χ3v) is 1.83. The van der Waals surface area contributed by atoms with Crippen molar-refractivity contribution in [3.05, 3.63) is 6.67 Å². The Morgan fingerprint density at radius 1 is 1.12 bits per heavy atom. The van der Waals surface area contributed by atoms with Crippen LogP contribution in [0.4, 0.5) is 4.39 Å². The van der Waals surface area contributed by atoms with Gasteiger partial charge in [0.05, 0.1) is 0 Å². The van der Waals surface area contributed by atoms with Gasteiger partial charge in [-0.2, -0.15) is 0 Å². The van der Waals surface area contributed by atoms with E-state index in [2.05, 4.69) is 0 Å². The molecule has 0 heterocycles. The van der Waals surface area contributed by atoms with Gasteiger partial charge in [-0.3, -0.25) is 0 Å². The van der Waals surface area contributed by atoms with Crippen LogP contribution in [-0.4, -0.2) is 0 Å². The van der Waals surface area contributed by atoms with Crippen molar-refractivity contribution in [3.8, 4) is 0 Å². The highest BCUT2D eigenvalue weighted by atomic mass is 19.1. The topological polar surface area (TPSA) is 0 Å². The Balaban J connectivity index is 2.13. The van der Waals surface area contributed by atoms with Crippen LogP contribution in [0.1, 0.15) is 32.1 Å². The molecule has 1 rings (SSSR count). The van der Waals surface area contributed by atoms with E-state index in [9.17, 15) is 4.39 Å². The van der Waals surface area contributed by atoms with Crippen molar-refractivity contribution in [1.29, 1.82) is 0 Å². The zero-order chi connectivity index (χ0) is 5.82. The lowest BCUT2D eigenvalue weighted by Crippen LogP contribution is -2.03. The standard InChI is InChI=1S/C7H12F/c8-6-7-4-2-1-3-5-7/h6-7H,1-5H2. The highest BCUT2D eigenvalue weighted by Gasteiger charge is 2.12. The van der Waals surface area contributed by atoms with Crippen molar-refractivity contribution in [2.45, 2.75) is 32.1 Å². The summed E-state index contributed by atoms with van der Waals surface area (Å²) in [5.74, 6) is 0.295. The van der Waals surface area contributed by atoms with Gasteiger partial charge in [0.1, 0.15) is 6.67 Å². The van der Waals surface area contributed by atoms with Gasteiger partial charge >= 0.3 is 0 Å². The molecule has 1 aliphatic carbocycles. The molecule has 1 heteroatoms. The SMILES string of the molecule is F[CH]C1CCCCC1. The predicted octanol–water partition coefficient (Wildman–Crippen LogP) is 2.70. The Bertz CT molecular complexity index is 55.4. The fourth-order valence-electron chi connectivity index (χ4n) is 1.26. The molecule has 0 aliphatic heterocycles.